The van der Waals surface area contributed by atoms with Gasteiger partial charge in [-0.25, -0.2) is 9.48 Å². The molecule has 0 amide bonds. The summed E-state index contributed by atoms with van der Waals surface area (Å²) in [6.07, 6.45) is 3.08. The molecule has 1 aliphatic rings. The van der Waals surface area contributed by atoms with Gasteiger partial charge in [0.05, 0.1) is 12.2 Å². The molecule has 24 heavy (non-hydrogen) atoms. The molecule has 0 saturated heterocycles. The first kappa shape index (κ1) is 16.5. The van der Waals surface area contributed by atoms with Gasteiger partial charge in [0.15, 0.2) is 0 Å². The predicted octanol–water partition coefficient (Wildman–Crippen LogP) is 3.56. The summed E-state index contributed by atoms with van der Waals surface area (Å²) < 4.78 is 6.99. The Morgan fingerprint density at radius 3 is 2.96 bits per heavy atom. The Labute approximate surface area is 145 Å². The molecule has 1 aromatic heterocycles. The summed E-state index contributed by atoms with van der Waals surface area (Å²) in [5.74, 6) is 0.260. The number of carbonyl (C=O) groups is 1. The van der Waals surface area contributed by atoms with Gasteiger partial charge in [0.25, 0.3) is 0 Å². The number of fused-ring (bicyclic) bond motifs is 1. The molecule has 2 aromatic rings. The molecule has 0 spiro atoms. The van der Waals surface area contributed by atoms with Gasteiger partial charge in [0, 0.05) is 10.7 Å². The second-order valence-electron chi connectivity index (χ2n) is 5.47. The zero-order chi connectivity index (χ0) is 17.1. The van der Waals surface area contributed by atoms with E-state index in [4.69, 9.17) is 16.3 Å². The van der Waals surface area contributed by atoms with Crippen LogP contribution in [0, 0.1) is 0 Å². The SMILES string of the molecule is CCCC1=C(C(=O)OCC)C(c2cccc(Cl)c2)n2ncnc2N1. The van der Waals surface area contributed by atoms with Gasteiger partial charge >= 0.3 is 5.97 Å². The van der Waals surface area contributed by atoms with Crippen LogP contribution in [0.3, 0.4) is 0 Å². The van der Waals surface area contributed by atoms with E-state index in [0.29, 0.717) is 23.2 Å². The van der Waals surface area contributed by atoms with Crippen LogP contribution in [0.1, 0.15) is 38.3 Å². The fourth-order valence-electron chi connectivity index (χ4n) is 2.89. The molecule has 0 bridgehead atoms. The largest absolute Gasteiger partial charge is 0.463 e. The Balaban J connectivity index is 2.17. The van der Waals surface area contributed by atoms with Gasteiger partial charge in [-0.05, 0) is 31.0 Å². The molecule has 6 nitrogen and oxygen atoms in total. The molecule has 0 aliphatic carbocycles. The van der Waals surface area contributed by atoms with Gasteiger partial charge in [-0.15, -0.1) is 0 Å². The molecule has 1 unspecified atom stereocenters. The van der Waals surface area contributed by atoms with Gasteiger partial charge in [-0.2, -0.15) is 10.1 Å². The third kappa shape index (κ3) is 3.01. The Morgan fingerprint density at radius 1 is 1.42 bits per heavy atom. The maximum absolute atomic E-state index is 12.7. The van der Waals surface area contributed by atoms with Crippen LogP contribution in [0.25, 0.3) is 0 Å². The highest BCUT2D eigenvalue weighted by atomic mass is 35.5. The zero-order valence-corrected chi connectivity index (χ0v) is 14.4. The molecule has 126 valence electrons. The number of carbonyl (C=O) groups excluding carboxylic acids is 1. The van der Waals surface area contributed by atoms with Crippen LogP contribution < -0.4 is 5.32 Å². The highest BCUT2D eigenvalue weighted by Crippen LogP contribution is 2.37. The number of esters is 1. The van der Waals surface area contributed by atoms with E-state index in [9.17, 15) is 4.79 Å². The number of rotatable bonds is 5. The lowest BCUT2D eigenvalue weighted by Gasteiger charge is -2.29. The number of halogens is 1. The first-order valence-corrected chi connectivity index (χ1v) is 8.35. The molecule has 1 aliphatic heterocycles. The summed E-state index contributed by atoms with van der Waals surface area (Å²) in [6, 6.07) is 7.01. The number of hydrogen-bond acceptors (Lipinski definition) is 5. The molecule has 1 aromatic carbocycles. The smallest absolute Gasteiger partial charge is 0.338 e. The maximum Gasteiger partial charge on any atom is 0.338 e. The molecule has 2 heterocycles. The third-order valence-corrected chi connectivity index (χ3v) is 4.07. The van der Waals surface area contributed by atoms with Crippen molar-refractivity contribution in [3.05, 3.63) is 52.4 Å². The van der Waals surface area contributed by atoms with Crippen molar-refractivity contribution in [2.75, 3.05) is 11.9 Å². The van der Waals surface area contributed by atoms with Crippen LogP contribution in [0.2, 0.25) is 5.02 Å². The van der Waals surface area contributed by atoms with E-state index in [2.05, 4.69) is 22.3 Å². The average Bonchev–Trinajstić information content (AvgIpc) is 3.02. The molecule has 7 heteroatoms. The van der Waals surface area contributed by atoms with E-state index in [0.717, 1.165) is 24.1 Å². The molecular formula is C17H19ClN4O2. The minimum Gasteiger partial charge on any atom is -0.463 e. The van der Waals surface area contributed by atoms with E-state index in [-0.39, 0.29) is 5.97 Å². The topological polar surface area (TPSA) is 69.0 Å². The lowest BCUT2D eigenvalue weighted by Crippen LogP contribution is -2.30. The van der Waals surface area contributed by atoms with Gasteiger partial charge in [0.2, 0.25) is 5.95 Å². The molecule has 3 rings (SSSR count). The summed E-state index contributed by atoms with van der Waals surface area (Å²) in [6.45, 7) is 4.17. The zero-order valence-electron chi connectivity index (χ0n) is 13.6. The van der Waals surface area contributed by atoms with Gasteiger partial charge < -0.3 is 10.1 Å². The molecular weight excluding hydrogens is 328 g/mol. The summed E-state index contributed by atoms with van der Waals surface area (Å²) >= 11 is 6.16. The van der Waals surface area contributed by atoms with Gasteiger partial charge in [0.1, 0.15) is 12.4 Å². The highest BCUT2D eigenvalue weighted by Gasteiger charge is 2.35. The number of benzene rings is 1. The van der Waals surface area contributed by atoms with E-state index in [1.54, 1.807) is 17.7 Å². The normalized spacial score (nSPS) is 16.5. The summed E-state index contributed by atoms with van der Waals surface area (Å²) in [5.41, 5.74) is 2.24. The fraction of sp³-hybridized carbons (Fsp3) is 0.353. The Bertz CT molecular complexity index is 784. The van der Waals surface area contributed by atoms with E-state index >= 15 is 0 Å². The average molecular weight is 347 g/mol. The molecule has 0 saturated carbocycles. The van der Waals surface area contributed by atoms with Crippen molar-refractivity contribution in [1.29, 1.82) is 0 Å². The standard InChI is InChI=1S/C17H19ClN4O2/c1-3-6-13-14(16(23)24-4-2)15(11-7-5-8-12(18)9-11)22-17(21-13)19-10-20-22/h5,7-10,15H,3-4,6H2,1-2H3,(H,19,20,21). The Kier molecular flexibility index (Phi) is 4.85. The van der Waals surface area contributed by atoms with Crippen LogP contribution >= 0.6 is 11.6 Å². The number of nitrogens with one attached hydrogen (secondary N) is 1. The quantitative estimate of drug-likeness (QED) is 0.838. The number of hydrogen-bond donors (Lipinski definition) is 1. The highest BCUT2D eigenvalue weighted by molar-refractivity contribution is 6.30. The number of ether oxygens (including phenoxy) is 1. The van der Waals surface area contributed by atoms with Crippen LogP contribution in [0.4, 0.5) is 5.95 Å². The summed E-state index contributed by atoms with van der Waals surface area (Å²) in [7, 11) is 0. The van der Waals surface area contributed by atoms with Gasteiger partial charge in [-0.1, -0.05) is 37.1 Å². The first-order chi connectivity index (χ1) is 11.7. The Morgan fingerprint density at radius 2 is 2.25 bits per heavy atom. The fourth-order valence-corrected chi connectivity index (χ4v) is 3.09. The second kappa shape index (κ2) is 7.05. The number of aromatic nitrogens is 3. The Hall–Kier alpha value is -2.34. The summed E-state index contributed by atoms with van der Waals surface area (Å²) in [4.78, 5) is 16.9. The van der Waals surface area contributed by atoms with Crippen LogP contribution in [-0.4, -0.2) is 27.3 Å². The summed E-state index contributed by atoms with van der Waals surface area (Å²) in [5, 5.41) is 8.11. The van der Waals surface area contributed by atoms with E-state index < -0.39 is 6.04 Å². The lowest BCUT2D eigenvalue weighted by molar-refractivity contribution is -0.139. The minimum atomic E-state index is -0.414. The maximum atomic E-state index is 12.7. The third-order valence-electron chi connectivity index (χ3n) is 3.84. The molecule has 0 radical (unpaired) electrons. The van der Waals surface area contributed by atoms with Crippen LogP contribution in [-0.2, 0) is 9.53 Å². The van der Waals surface area contributed by atoms with Crippen molar-refractivity contribution < 1.29 is 9.53 Å². The molecule has 0 fully saturated rings. The van der Waals surface area contributed by atoms with Crippen molar-refractivity contribution in [1.82, 2.24) is 14.8 Å². The van der Waals surface area contributed by atoms with Gasteiger partial charge in [-0.3, -0.25) is 0 Å². The van der Waals surface area contributed by atoms with E-state index in [1.807, 2.05) is 18.2 Å². The second-order valence-corrected chi connectivity index (χ2v) is 5.91. The number of allylic oxidation sites excluding steroid dienone is 1. The van der Waals surface area contributed by atoms with Crippen molar-refractivity contribution >= 4 is 23.5 Å². The van der Waals surface area contributed by atoms with Crippen LogP contribution in [0.15, 0.2) is 41.9 Å². The van der Waals surface area contributed by atoms with E-state index in [1.165, 1.54) is 6.33 Å². The predicted molar refractivity (Wildman–Crippen MR) is 91.8 cm³/mol. The van der Waals surface area contributed by atoms with Crippen molar-refractivity contribution in [3.63, 3.8) is 0 Å². The van der Waals surface area contributed by atoms with Crippen molar-refractivity contribution in [2.24, 2.45) is 0 Å². The number of anilines is 1. The van der Waals surface area contributed by atoms with Crippen molar-refractivity contribution in [3.8, 4) is 0 Å². The number of nitrogens with zero attached hydrogens (tertiary/aromatic N) is 3. The minimum absolute atomic E-state index is 0.314. The lowest BCUT2D eigenvalue weighted by atomic mass is 9.94. The van der Waals surface area contributed by atoms with Crippen molar-refractivity contribution in [2.45, 2.75) is 32.7 Å². The van der Waals surface area contributed by atoms with Crippen LogP contribution in [0.5, 0.6) is 0 Å². The monoisotopic (exact) mass is 346 g/mol. The molecule has 1 N–H and O–H groups in total. The molecule has 1 atom stereocenters. The first-order valence-electron chi connectivity index (χ1n) is 7.97.